The van der Waals surface area contributed by atoms with E-state index in [1.165, 1.54) is 16.7 Å². The van der Waals surface area contributed by atoms with E-state index in [1.54, 1.807) is 0 Å². The average molecular weight is 365 g/mol. The molecule has 1 heterocycles. The Labute approximate surface area is 159 Å². The number of amides is 2. The van der Waals surface area contributed by atoms with Crippen molar-refractivity contribution in [3.05, 3.63) is 76.2 Å². The van der Waals surface area contributed by atoms with Crippen molar-refractivity contribution >= 4 is 29.1 Å². The molecule has 0 spiro atoms. The fourth-order valence-corrected chi connectivity index (χ4v) is 4.01. The van der Waals surface area contributed by atoms with Gasteiger partial charge < -0.3 is 0 Å². The fourth-order valence-electron chi connectivity index (χ4n) is 2.92. The molecule has 0 radical (unpaired) electrons. The summed E-state index contributed by atoms with van der Waals surface area (Å²) in [6.07, 6.45) is 0. The summed E-state index contributed by atoms with van der Waals surface area (Å²) in [6, 6.07) is 17.8. The number of hydrogen-bond acceptors (Lipinski definition) is 3. The summed E-state index contributed by atoms with van der Waals surface area (Å²) >= 11 is 1.45. The van der Waals surface area contributed by atoms with Gasteiger partial charge in [-0.2, -0.15) is 0 Å². The number of rotatable bonds is 6. The Kier molecular flexibility index (Phi) is 5.62. The first-order chi connectivity index (χ1) is 12.5. The minimum atomic E-state index is -0.178. The summed E-state index contributed by atoms with van der Waals surface area (Å²) in [7, 11) is 0. The van der Waals surface area contributed by atoms with Crippen molar-refractivity contribution in [3.8, 4) is 0 Å². The number of thioether (sulfide) groups is 1. The maximum atomic E-state index is 13.0. The van der Waals surface area contributed by atoms with Crippen LogP contribution >= 0.6 is 11.8 Å². The smallest absolute Gasteiger partial charge is 0.268 e. The lowest BCUT2D eigenvalue weighted by Crippen LogP contribution is -2.34. The number of hydrogen-bond donors (Lipinski definition) is 0. The number of aryl methyl sites for hydroxylation is 1. The Morgan fingerprint density at radius 1 is 0.923 bits per heavy atom. The molecule has 3 nitrogen and oxygen atoms in total. The fraction of sp³-hybridized carbons (Fsp3) is 0.273. The molecule has 134 valence electrons. The first-order valence-corrected chi connectivity index (χ1v) is 9.80. The number of nitrogens with zero attached hydrogens (tertiary/aromatic N) is 1. The molecule has 2 aromatic rings. The molecule has 0 N–H and O–H groups in total. The zero-order chi connectivity index (χ0) is 18.7. The summed E-state index contributed by atoms with van der Waals surface area (Å²) < 4.78 is 0. The highest BCUT2D eigenvalue weighted by atomic mass is 32.2. The highest BCUT2D eigenvalue weighted by molar-refractivity contribution is 8.03. The zero-order valence-electron chi connectivity index (χ0n) is 15.4. The topological polar surface area (TPSA) is 37.4 Å². The van der Waals surface area contributed by atoms with Crippen molar-refractivity contribution in [1.29, 1.82) is 0 Å². The summed E-state index contributed by atoms with van der Waals surface area (Å²) in [5.41, 5.74) is 3.62. The summed E-state index contributed by atoms with van der Waals surface area (Å²) in [5, 5.41) is 0. The van der Waals surface area contributed by atoms with Crippen molar-refractivity contribution in [3.63, 3.8) is 0 Å². The first kappa shape index (κ1) is 18.5. The molecule has 4 heteroatoms. The van der Waals surface area contributed by atoms with Crippen molar-refractivity contribution in [2.24, 2.45) is 5.92 Å². The minimum absolute atomic E-state index is 0.166. The average Bonchev–Trinajstić information content (AvgIpc) is 2.85. The second-order valence-corrected chi connectivity index (χ2v) is 7.94. The van der Waals surface area contributed by atoms with E-state index >= 15 is 0 Å². The standard InChI is InChI=1S/C22H23NO2S/c1-15(2)13-23-21(24)19(18-11-9-16(3)10-12-18)20(22(23)25)26-14-17-7-5-4-6-8-17/h4-12,15H,13-14H2,1-3H3. The van der Waals surface area contributed by atoms with Crippen LogP contribution in [0.3, 0.4) is 0 Å². The van der Waals surface area contributed by atoms with Crippen LogP contribution in [0, 0.1) is 12.8 Å². The van der Waals surface area contributed by atoms with E-state index in [0.29, 0.717) is 22.8 Å². The molecule has 0 aliphatic carbocycles. The zero-order valence-corrected chi connectivity index (χ0v) is 16.2. The molecule has 2 amide bonds. The maximum absolute atomic E-state index is 13.0. The van der Waals surface area contributed by atoms with Crippen molar-refractivity contribution in [2.75, 3.05) is 6.54 Å². The van der Waals surface area contributed by atoms with Crippen LogP contribution in [-0.2, 0) is 15.3 Å². The molecule has 0 saturated carbocycles. The van der Waals surface area contributed by atoms with Crippen LogP contribution in [0.4, 0.5) is 0 Å². The Morgan fingerprint density at radius 3 is 2.19 bits per heavy atom. The number of benzene rings is 2. The summed E-state index contributed by atoms with van der Waals surface area (Å²) in [5.74, 6) is 0.559. The Morgan fingerprint density at radius 2 is 1.58 bits per heavy atom. The molecule has 1 aliphatic rings. The van der Waals surface area contributed by atoms with E-state index in [0.717, 1.165) is 16.7 Å². The van der Waals surface area contributed by atoms with Crippen molar-refractivity contribution in [2.45, 2.75) is 26.5 Å². The van der Waals surface area contributed by atoms with E-state index in [4.69, 9.17) is 0 Å². The number of carbonyl (C=O) groups is 2. The lowest BCUT2D eigenvalue weighted by atomic mass is 10.0. The molecule has 0 unspecified atom stereocenters. The van der Waals surface area contributed by atoms with Crippen molar-refractivity contribution < 1.29 is 9.59 Å². The van der Waals surface area contributed by atoms with Gasteiger partial charge in [-0.05, 0) is 24.0 Å². The maximum Gasteiger partial charge on any atom is 0.268 e. The van der Waals surface area contributed by atoms with Gasteiger partial charge in [0.2, 0.25) is 0 Å². The van der Waals surface area contributed by atoms with Gasteiger partial charge in [-0.1, -0.05) is 74.0 Å². The lowest BCUT2D eigenvalue weighted by molar-refractivity contribution is -0.137. The second kappa shape index (κ2) is 7.92. The highest BCUT2D eigenvalue weighted by Crippen LogP contribution is 2.37. The third-order valence-corrected chi connectivity index (χ3v) is 5.38. The van der Waals surface area contributed by atoms with Crippen molar-refractivity contribution in [1.82, 2.24) is 4.90 Å². The van der Waals surface area contributed by atoms with Crippen LogP contribution in [0.2, 0.25) is 0 Å². The quantitative estimate of drug-likeness (QED) is 0.699. The van der Waals surface area contributed by atoms with E-state index in [-0.39, 0.29) is 17.7 Å². The summed E-state index contributed by atoms with van der Waals surface area (Å²) in [6.45, 7) is 6.49. The molecule has 0 fully saturated rings. The van der Waals surface area contributed by atoms with Gasteiger partial charge in [0.15, 0.2) is 0 Å². The van der Waals surface area contributed by atoms with E-state index in [2.05, 4.69) is 0 Å². The number of carbonyl (C=O) groups excluding carboxylic acids is 2. The van der Waals surface area contributed by atoms with E-state index in [9.17, 15) is 9.59 Å². The van der Waals surface area contributed by atoms with Gasteiger partial charge in [-0.25, -0.2) is 0 Å². The highest BCUT2D eigenvalue weighted by Gasteiger charge is 2.39. The van der Waals surface area contributed by atoms with Crippen LogP contribution in [0.25, 0.3) is 5.57 Å². The molecule has 1 aliphatic heterocycles. The third kappa shape index (κ3) is 3.91. The third-order valence-electron chi connectivity index (χ3n) is 4.24. The Balaban J connectivity index is 1.95. The molecular formula is C22H23NO2S. The molecule has 0 bridgehead atoms. The van der Waals surface area contributed by atoms with E-state index < -0.39 is 0 Å². The van der Waals surface area contributed by atoms with Gasteiger partial charge in [0.25, 0.3) is 11.8 Å². The molecular weight excluding hydrogens is 342 g/mol. The van der Waals surface area contributed by atoms with Gasteiger partial charge in [-0.15, -0.1) is 11.8 Å². The van der Waals surface area contributed by atoms with E-state index in [1.807, 2.05) is 75.4 Å². The Bertz CT molecular complexity index is 838. The normalized spacial score (nSPS) is 14.7. The van der Waals surface area contributed by atoms with Gasteiger partial charge in [0, 0.05) is 12.3 Å². The molecule has 0 atom stereocenters. The largest absolute Gasteiger partial charge is 0.274 e. The minimum Gasteiger partial charge on any atom is -0.274 e. The molecule has 26 heavy (non-hydrogen) atoms. The monoisotopic (exact) mass is 365 g/mol. The van der Waals surface area contributed by atoms with Crippen LogP contribution in [0.5, 0.6) is 0 Å². The summed E-state index contributed by atoms with van der Waals surface area (Å²) in [4.78, 5) is 27.9. The predicted octanol–water partition coefficient (Wildman–Crippen LogP) is 4.66. The second-order valence-electron chi connectivity index (χ2n) is 6.96. The van der Waals surface area contributed by atoms with Gasteiger partial charge >= 0.3 is 0 Å². The van der Waals surface area contributed by atoms with Crippen LogP contribution < -0.4 is 0 Å². The van der Waals surface area contributed by atoms with Gasteiger partial charge in [-0.3, -0.25) is 14.5 Å². The SMILES string of the molecule is Cc1ccc(C2=C(SCc3ccccc3)C(=O)N(CC(C)C)C2=O)cc1. The van der Waals surface area contributed by atoms with Crippen LogP contribution in [0.1, 0.15) is 30.5 Å². The number of imide groups is 1. The van der Waals surface area contributed by atoms with Gasteiger partial charge in [0.1, 0.15) is 0 Å². The molecule has 3 rings (SSSR count). The molecule has 2 aromatic carbocycles. The lowest BCUT2D eigenvalue weighted by Gasteiger charge is -2.17. The van der Waals surface area contributed by atoms with Gasteiger partial charge in [0.05, 0.1) is 10.5 Å². The van der Waals surface area contributed by atoms with Crippen LogP contribution in [-0.4, -0.2) is 23.3 Å². The first-order valence-electron chi connectivity index (χ1n) is 8.81. The van der Waals surface area contributed by atoms with Crippen LogP contribution in [0.15, 0.2) is 59.5 Å². The Hall–Kier alpha value is -2.33. The predicted molar refractivity (Wildman–Crippen MR) is 107 cm³/mol. The molecule has 0 saturated heterocycles. The molecule has 0 aromatic heterocycles.